The first-order chi connectivity index (χ1) is 9.16. The van der Waals surface area contributed by atoms with Gasteiger partial charge in [0, 0.05) is 18.9 Å². The molecule has 1 aliphatic heterocycles. The molecule has 100 valence electrons. The van der Waals surface area contributed by atoms with Gasteiger partial charge in [0.2, 0.25) is 5.91 Å². The molecule has 1 fully saturated rings. The first kappa shape index (κ1) is 12.2. The number of hydrogen-bond acceptors (Lipinski definition) is 2. The molecule has 19 heavy (non-hydrogen) atoms. The third kappa shape index (κ3) is 2.11. The minimum absolute atomic E-state index is 0.0214. The number of carbonyl (C=O) groups excluding carboxylic acids is 1. The third-order valence-electron chi connectivity index (χ3n) is 4.27. The lowest BCUT2D eigenvalue weighted by atomic mass is 9.83. The predicted octanol–water partition coefficient (Wildman–Crippen LogP) is 1.82. The number of benzene rings is 1. The molecule has 1 aromatic carbocycles. The van der Waals surface area contributed by atoms with E-state index in [1.165, 1.54) is 0 Å². The summed E-state index contributed by atoms with van der Waals surface area (Å²) >= 11 is 0. The van der Waals surface area contributed by atoms with Gasteiger partial charge in [0.1, 0.15) is 6.04 Å². The number of rotatable bonds is 2. The molecule has 1 amide bonds. The summed E-state index contributed by atoms with van der Waals surface area (Å²) in [6.45, 7) is 0.433. The Balaban J connectivity index is 1.89. The number of amides is 1. The highest BCUT2D eigenvalue weighted by Crippen LogP contribution is 2.32. The number of carboxylic acid groups (broad SMARTS) is 1. The molecule has 1 saturated carbocycles. The zero-order valence-corrected chi connectivity index (χ0v) is 10.7. The van der Waals surface area contributed by atoms with Crippen molar-refractivity contribution in [2.24, 2.45) is 5.92 Å². The Labute approximate surface area is 112 Å². The molecule has 1 unspecified atom stereocenters. The number of nitrogens with zero attached hydrogens (tertiary/aromatic N) is 1. The van der Waals surface area contributed by atoms with Crippen LogP contribution in [0.4, 0.5) is 0 Å². The van der Waals surface area contributed by atoms with Crippen LogP contribution in [-0.4, -0.2) is 27.9 Å². The lowest BCUT2D eigenvalue weighted by molar-refractivity contribution is -0.154. The van der Waals surface area contributed by atoms with Crippen molar-refractivity contribution in [3.8, 4) is 0 Å². The largest absolute Gasteiger partial charge is 0.480 e. The minimum Gasteiger partial charge on any atom is -0.480 e. The lowest BCUT2D eigenvalue weighted by Crippen LogP contribution is -2.51. The molecular weight excluding hydrogens is 242 g/mol. The zero-order chi connectivity index (χ0) is 13.4. The molecule has 1 N–H and O–H groups in total. The Kier molecular flexibility index (Phi) is 3.01. The second-order valence-corrected chi connectivity index (χ2v) is 5.42. The van der Waals surface area contributed by atoms with Crippen molar-refractivity contribution < 1.29 is 14.7 Å². The normalized spacial score (nSPS) is 22.5. The lowest BCUT2D eigenvalue weighted by Gasteiger charge is -2.38. The van der Waals surface area contributed by atoms with Crippen molar-refractivity contribution in [2.45, 2.75) is 38.3 Å². The number of carbonyl (C=O) groups is 2. The van der Waals surface area contributed by atoms with Gasteiger partial charge < -0.3 is 10.0 Å². The van der Waals surface area contributed by atoms with Gasteiger partial charge in [-0.25, -0.2) is 4.79 Å². The Morgan fingerprint density at radius 1 is 1.16 bits per heavy atom. The van der Waals surface area contributed by atoms with Crippen molar-refractivity contribution in [3.63, 3.8) is 0 Å². The van der Waals surface area contributed by atoms with Crippen molar-refractivity contribution in [1.29, 1.82) is 0 Å². The summed E-state index contributed by atoms with van der Waals surface area (Å²) in [5, 5.41) is 9.36. The van der Waals surface area contributed by atoms with Crippen molar-refractivity contribution in [2.75, 3.05) is 0 Å². The van der Waals surface area contributed by atoms with Crippen LogP contribution in [-0.2, 0) is 22.6 Å². The molecule has 1 atom stereocenters. The Morgan fingerprint density at radius 2 is 1.84 bits per heavy atom. The van der Waals surface area contributed by atoms with Crippen molar-refractivity contribution in [3.05, 3.63) is 35.4 Å². The molecule has 0 aromatic heterocycles. The van der Waals surface area contributed by atoms with Gasteiger partial charge in [0.05, 0.1) is 0 Å². The summed E-state index contributed by atoms with van der Waals surface area (Å²) in [4.78, 5) is 25.3. The van der Waals surface area contributed by atoms with E-state index in [0.29, 0.717) is 13.0 Å². The van der Waals surface area contributed by atoms with E-state index in [-0.39, 0.29) is 11.8 Å². The summed E-state index contributed by atoms with van der Waals surface area (Å²) in [6, 6.07) is 7.08. The summed E-state index contributed by atoms with van der Waals surface area (Å²) in [7, 11) is 0. The Morgan fingerprint density at radius 3 is 2.42 bits per heavy atom. The summed E-state index contributed by atoms with van der Waals surface area (Å²) in [6.07, 6.45) is 3.31. The number of aliphatic carboxylic acids is 1. The van der Waals surface area contributed by atoms with Crippen LogP contribution in [0.5, 0.6) is 0 Å². The van der Waals surface area contributed by atoms with Crippen molar-refractivity contribution in [1.82, 2.24) is 4.90 Å². The number of hydrogen-bond donors (Lipinski definition) is 1. The SMILES string of the molecule is O=C(O)C1Cc2ccccc2CN1C(=O)C1CCC1. The Bertz CT molecular complexity index is 522. The minimum atomic E-state index is -0.901. The van der Waals surface area contributed by atoms with E-state index in [1.807, 2.05) is 24.3 Å². The van der Waals surface area contributed by atoms with E-state index in [0.717, 1.165) is 30.4 Å². The second-order valence-electron chi connectivity index (χ2n) is 5.42. The monoisotopic (exact) mass is 259 g/mol. The third-order valence-corrected chi connectivity index (χ3v) is 4.27. The fraction of sp³-hybridized carbons (Fsp3) is 0.467. The molecule has 0 saturated heterocycles. The molecule has 1 heterocycles. The molecule has 0 bridgehead atoms. The summed E-state index contributed by atoms with van der Waals surface area (Å²) in [5.74, 6) is -0.831. The van der Waals surface area contributed by atoms with Gasteiger partial charge in [0.25, 0.3) is 0 Å². The van der Waals surface area contributed by atoms with E-state index in [2.05, 4.69) is 0 Å². The quantitative estimate of drug-likeness (QED) is 0.881. The highest BCUT2D eigenvalue weighted by Gasteiger charge is 2.38. The highest BCUT2D eigenvalue weighted by molar-refractivity contribution is 5.86. The number of carboxylic acids is 1. The van der Waals surface area contributed by atoms with Crippen molar-refractivity contribution >= 4 is 11.9 Å². The van der Waals surface area contributed by atoms with Crippen LogP contribution in [0.15, 0.2) is 24.3 Å². The predicted molar refractivity (Wildman–Crippen MR) is 69.5 cm³/mol. The highest BCUT2D eigenvalue weighted by atomic mass is 16.4. The van der Waals surface area contributed by atoms with Gasteiger partial charge >= 0.3 is 5.97 Å². The van der Waals surface area contributed by atoms with Gasteiger partial charge in [-0.3, -0.25) is 4.79 Å². The van der Waals surface area contributed by atoms with E-state index in [1.54, 1.807) is 4.90 Å². The Hall–Kier alpha value is -1.84. The molecular formula is C15H17NO3. The fourth-order valence-electron chi connectivity index (χ4n) is 2.86. The molecule has 0 radical (unpaired) electrons. The second kappa shape index (κ2) is 4.68. The van der Waals surface area contributed by atoms with Gasteiger partial charge in [-0.1, -0.05) is 30.7 Å². The van der Waals surface area contributed by atoms with E-state index in [9.17, 15) is 14.7 Å². The molecule has 2 aliphatic rings. The molecule has 1 aliphatic carbocycles. The van der Waals surface area contributed by atoms with Gasteiger partial charge in [-0.2, -0.15) is 0 Å². The zero-order valence-electron chi connectivity index (χ0n) is 10.7. The fourth-order valence-corrected chi connectivity index (χ4v) is 2.86. The van der Waals surface area contributed by atoms with Gasteiger partial charge in [-0.15, -0.1) is 0 Å². The molecule has 1 aromatic rings. The average molecular weight is 259 g/mol. The van der Waals surface area contributed by atoms with Gasteiger partial charge in [-0.05, 0) is 24.0 Å². The van der Waals surface area contributed by atoms with Crippen LogP contribution in [0.3, 0.4) is 0 Å². The van der Waals surface area contributed by atoms with Crippen LogP contribution in [0, 0.1) is 5.92 Å². The van der Waals surface area contributed by atoms with Crippen LogP contribution in [0.1, 0.15) is 30.4 Å². The maximum Gasteiger partial charge on any atom is 0.326 e. The van der Waals surface area contributed by atoms with E-state index < -0.39 is 12.0 Å². The molecule has 4 heteroatoms. The smallest absolute Gasteiger partial charge is 0.326 e. The number of fused-ring (bicyclic) bond motifs is 1. The van der Waals surface area contributed by atoms with E-state index >= 15 is 0 Å². The molecule has 0 spiro atoms. The van der Waals surface area contributed by atoms with Crippen LogP contribution in [0.25, 0.3) is 0 Å². The van der Waals surface area contributed by atoms with Crippen LogP contribution in [0.2, 0.25) is 0 Å². The first-order valence-electron chi connectivity index (χ1n) is 6.77. The molecule has 3 rings (SSSR count). The topological polar surface area (TPSA) is 57.6 Å². The van der Waals surface area contributed by atoms with E-state index in [4.69, 9.17) is 0 Å². The standard InChI is InChI=1S/C15H17NO3/c17-14(10-6-3-7-10)16-9-12-5-2-1-4-11(12)8-13(16)15(18)19/h1-2,4-5,10,13H,3,6-9H2,(H,18,19). The van der Waals surface area contributed by atoms with Crippen LogP contribution < -0.4 is 0 Å². The van der Waals surface area contributed by atoms with Gasteiger partial charge in [0.15, 0.2) is 0 Å². The summed E-state index contributed by atoms with van der Waals surface area (Å²) in [5.41, 5.74) is 2.13. The first-order valence-corrected chi connectivity index (χ1v) is 6.77. The van der Waals surface area contributed by atoms with Crippen LogP contribution >= 0.6 is 0 Å². The maximum absolute atomic E-state index is 12.4. The summed E-state index contributed by atoms with van der Waals surface area (Å²) < 4.78 is 0. The average Bonchev–Trinajstić information content (AvgIpc) is 2.35. The maximum atomic E-state index is 12.4. The molecule has 4 nitrogen and oxygen atoms in total.